The summed E-state index contributed by atoms with van der Waals surface area (Å²) >= 11 is 0. The molecule has 0 amide bonds. The van der Waals surface area contributed by atoms with Gasteiger partial charge in [0.15, 0.2) is 0 Å². The number of ether oxygens (including phenoxy) is 1. The van der Waals surface area contributed by atoms with Crippen LogP contribution in [0.2, 0.25) is 0 Å². The minimum atomic E-state index is 0.658. The monoisotopic (exact) mass is 251 g/mol. The summed E-state index contributed by atoms with van der Waals surface area (Å²) in [6.45, 7) is 7.28. The summed E-state index contributed by atoms with van der Waals surface area (Å²) in [5.74, 6) is 4.81. The number of hydrogen-bond acceptors (Lipinski definition) is 2. The van der Waals surface area contributed by atoms with Crippen molar-refractivity contribution in [3.8, 4) is 0 Å². The van der Waals surface area contributed by atoms with E-state index < -0.39 is 0 Å². The highest BCUT2D eigenvalue weighted by molar-refractivity contribution is 5.01. The van der Waals surface area contributed by atoms with E-state index >= 15 is 0 Å². The lowest BCUT2D eigenvalue weighted by molar-refractivity contribution is -0.0164. The predicted octanol–water partition coefficient (Wildman–Crippen LogP) is 3.07. The molecule has 0 atom stereocenters. The van der Waals surface area contributed by atoms with E-state index in [1.165, 1.54) is 25.7 Å². The van der Waals surface area contributed by atoms with Crippen LogP contribution in [0.3, 0.4) is 0 Å². The van der Waals surface area contributed by atoms with Crippen molar-refractivity contribution >= 4 is 0 Å². The van der Waals surface area contributed by atoms with Crippen LogP contribution in [-0.4, -0.2) is 25.8 Å². The van der Waals surface area contributed by atoms with E-state index in [4.69, 9.17) is 4.74 Å². The van der Waals surface area contributed by atoms with Crippen LogP contribution in [0.15, 0.2) is 0 Å². The van der Waals surface area contributed by atoms with Gasteiger partial charge in [0, 0.05) is 19.2 Å². The maximum absolute atomic E-state index is 5.68. The van der Waals surface area contributed by atoms with Gasteiger partial charge in [-0.3, -0.25) is 0 Å². The average Bonchev–Trinajstić information content (AvgIpc) is 2.30. The minimum absolute atomic E-state index is 0.658. The molecule has 4 aliphatic carbocycles. The van der Waals surface area contributed by atoms with Crippen LogP contribution in [0, 0.1) is 29.6 Å². The van der Waals surface area contributed by atoms with Crippen LogP contribution >= 0.6 is 0 Å². The van der Waals surface area contributed by atoms with Crippen LogP contribution in [0.5, 0.6) is 0 Å². The Hall–Kier alpha value is -0.0800. The van der Waals surface area contributed by atoms with Gasteiger partial charge in [0.25, 0.3) is 0 Å². The topological polar surface area (TPSA) is 21.3 Å². The van der Waals surface area contributed by atoms with Crippen molar-refractivity contribution in [1.29, 1.82) is 0 Å². The highest BCUT2D eigenvalue weighted by Gasteiger charge is 2.47. The summed E-state index contributed by atoms with van der Waals surface area (Å²) in [5, 5.41) is 3.81. The third-order valence-corrected chi connectivity index (χ3v) is 5.30. The first-order chi connectivity index (χ1) is 8.72. The molecule has 0 aliphatic heterocycles. The van der Waals surface area contributed by atoms with Crippen LogP contribution in [0.4, 0.5) is 0 Å². The molecule has 0 spiro atoms. The first kappa shape index (κ1) is 12.9. The Morgan fingerprint density at radius 3 is 2.17 bits per heavy atom. The highest BCUT2D eigenvalue weighted by atomic mass is 16.5. The molecule has 4 saturated carbocycles. The van der Waals surface area contributed by atoms with Crippen molar-refractivity contribution in [1.82, 2.24) is 5.32 Å². The van der Waals surface area contributed by atoms with E-state index in [1.807, 2.05) is 0 Å². The Bertz CT molecular complexity index is 248. The quantitative estimate of drug-likeness (QED) is 0.733. The summed E-state index contributed by atoms with van der Waals surface area (Å²) in [6.07, 6.45) is 7.60. The Morgan fingerprint density at radius 1 is 1.00 bits per heavy atom. The molecule has 4 bridgehead atoms. The summed E-state index contributed by atoms with van der Waals surface area (Å²) < 4.78 is 5.68. The van der Waals surface area contributed by atoms with Gasteiger partial charge in [-0.05, 0) is 61.7 Å². The van der Waals surface area contributed by atoms with E-state index in [0.29, 0.717) is 5.92 Å². The van der Waals surface area contributed by atoms with Gasteiger partial charge in [-0.15, -0.1) is 0 Å². The molecule has 0 unspecified atom stereocenters. The first-order valence-electron chi connectivity index (χ1n) is 8.03. The second kappa shape index (κ2) is 5.50. The van der Waals surface area contributed by atoms with Crippen LogP contribution in [0.1, 0.15) is 46.0 Å². The molecule has 4 rings (SSSR count). The van der Waals surface area contributed by atoms with Crippen LogP contribution in [-0.2, 0) is 4.74 Å². The van der Waals surface area contributed by atoms with Crippen molar-refractivity contribution in [2.45, 2.75) is 52.0 Å². The molecule has 2 nitrogen and oxygen atoms in total. The Labute approximate surface area is 112 Å². The third kappa shape index (κ3) is 2.75. The van der Waals surface area contributed by atoms with Gasteiger partial charge < -0.3 is 10.1 Å². The van der Waals surface area contributed by atoms with E-state index in [0.717, 1.165) is 49.5 Å². The zero-order valence-electron chi connectivity index (χ0n) is 12.0. The van der Waals surface area contributed by atoms with Gasteiger partial charge in [-0.2, -0.15) is 0 Å². The third-order valence-electron chi connectivity index (χ3n) is 5.30. The Balaban J connectivity index is 1.41. The maximum atomic E-state index is 5.68. The van der Waals surface area contributed by atoms with Crippen molar-refractivity contribution < 1.29 is 4.74 Å². The zero-order chi connectivity index (χ0) is 12.5. The number of nitrogens with one attached hydrogen (secondary N) is 1. The SMILES string of the molecule is CC(C)COCCNC1C2CC3CC(C2)CC1C3. The maximum Gasteiger partial charge on any atom is 0.0591 e. The molecule has 4 aliphatic rings. The predicted molar refractivity (Wildman–Crippen MR) is 74.5 cm³/mol. The van der Waals surface area contributed by atoms with Crippen molar-refractivity contribution in [3.63, 3.8) is 0 Å². The second-order valence-electron chi connectivity index (χ2n) is 7.38. The summed E-state index contributed by atoms with van der Waals surface area (Å²) in [4.78, 5) is 0. The average molecular weight is 251 g/mol. The summed E-state index contributed by atoms with van der Waals surface area (Å²) in [6, 6.07) is 0.820. The van der Waals surface area contributed by atoms with E-state index in [-0.39, 0.29) is 0 Å². The second-order valence-corrected chi connectivity index (χ2v) is 7.38. The highest BCUT2D eigenvalue weighted by Crippen LogP contribution is 2.53. The van der Waals surface area contributed by atoms with E-state index in [2.05, 4.69) is 19.2 Å². The lowest BCUT2D eigenvalue weighted by Crippen LogP contribution is -2.55. The fraction of sp³-hybridized carbons (Fsp3) is 1.00. The molecule has 0 aromatic heterocycles. The van der Waals surface area contributed by atoms with Gasteiger partial charge >= 0.3 is 0 Å². The lowest BCUT2D eigenvalue weighted by atomic mass is 9.54. The van der Waals surface area contributed by atoms with Gasteiger partial charge in [-0.25, -0.2) is 0 Å². The lowest BCUT2D eigenvalue weighted by Gasteiger charge is -2.54. The van der Waals surface area contributed by atoms with Crippen LogP contribution in [0.25, 0.3) is 0 Å². The molecule has 104 valence electrons. The summed E-state index contributed by atoms with van der Waals surface area (Å²) in [5.41, 5.74) is 0. The fourth-order valence-electron chi connectivity index (χ4n) is 4.88. The summed E-state index contributed by atoms with van der Waals surface area (Å²) in [7, 11) is 0. The number of hydrogen-bond donors (Lipinski definition) is 1. The zero-order valence-corrected chi connectivity index (χ0v) is 12.0. The Morgan fingerprint density at radius 2 is 1.61 bits per heavy atom. The molecule has 18 heavy (non-hydrogen) atoms. The molecule has 4 fully saturated rings. The standard InChI is InChI=1S/C16H29NO/c1-11(2)10-18-4-3-17-16-14-6-12-5-13(8-14)9-15(16)7-12/h11-17H,3-10H2,1-2H3. The van der Waals surface area contributed by atoms with Crippen molar-refractivity contribution in [2.24, 2.45) is 29.6 Å². The van der Waals surface area contributed by atoms with Crippen molar-refractivity contribution in [2.75, 3.05) is 19.8 Å². The molecule has 1 N–H and O–H groups in total. The van der Waals surface area contributed by atoms with Gasteiger partial charge in [0.2, 0.25) is 0 Å². The molecule has 0 aromatic carbocycles. The fourth-order valence-corrected chi connectivity index (χ4v) is 4.88. The molecule has 2 heteroatoms. The minimum Gasteiger partial charge on any atom is -0.380 e. The van der Waals surface area contributed by atoms with Crippen molar-refractivity contribution in [3.05, 3.63) is 0 Å². The van der Waals surface area contributed by atoms with Gasteiger partial charge in [0.05, 0.1) is 6.61 Å². The van der Waals surface area contributed by atoms with E-state index in [9.17, 15) is 0 Å². The molecular formula is C16H29NO. The molecular weight excluding hydrogens is 222 g/mol. The Kier molecular flexibility index (Phi) is 3.95. The number of rotatable bonds is 6. The molecule has 0 aromatic rings. The molecule has 0 heterocycles. The molecule has 0 radical (unpaired) electrons. The smallest absolute Gasteiger partial charge is 0.0591 e. The van der Waals surface area contributed by atoms with Crippen LogP contribution < -0.4 is 5.32 Å². The largest absolute Gasteiger partial charge is 0.380 e. The van der Waals surface area contributed by atoms with Gasteiger partial charge in [-0.1, -0.05) is 13.8 Å². The normalized spacial score (nSPS) is 41.8. The first-order valence-corrected chi connectivity index (χ1v) is 8.03. The van der Waals surface area contributed by atoms with Gasteiger partial charge in [0.1, 0.15) is 0 Å². The van der Waals surface area contributed by atoms with E-state index in [1.54, 1.807) is 6.42 Å². The molecule has 0 saturated heterocycles.